The number of carbonyl (C=O) groups excluding carboxylic acids is 1. The molecule has 1 unspecified atom stereocenters. The lowest BCUT2D eigenvalue weighted by molar-refractivity contribution is -0.138. The second kappa shape index (κ2) is 8.90. The van der Waals surface area contributed by atoms with E-state index in [1.807, 2.05) is 4.90 Å². The largest absolute Gasteiger partial charge is 0.481 e. The molecule has 2 atom stereocenters. The van der Waals surface area contributed by atoms with Crippen LogP contribution in [0.15, 0.2) is 0 Å². The van der Waals surface area contributed by atoms with Crippen LogP contribution in [0.1, 0.15) is 52.9 Å². The fraction of sp³-hybridized carbons (Fsp3) is 0.875. The first-order valence-electron chi connectivity index (χ1n) is 8.16. The van der Waals surface area contributed by atoms with Gasteiger partial charge in [-0.05, 0) is 37.0 Å². The van der Waals surface area contributed by atoms with Crippen LogP contribution in [0.25, 0.3) is 0 Å². The van der Waals surface area contributed by atoms with Gasteiger partial charge in [0.1, 0.15) is 0 Å². The van der Waals surface area contributed by atoms with E-state index in [4.69, 9.17) is 5.11 Å². The number of piperidine rings is 1. The fourth-order valence-corrected chi connectivity index (χ4v) is 3.08. The highest BCUT2D eigenvalue weighted by molar-refractivity contribution is 5.74. The predicted octanol–water partition coefficient (Wildman–Crippen LogP) is 2.96. The van der Waals surface area contributed by atoms with Gasteiger partial charge in [-0.1, -0.05) is 27.2 Å². The van der Waals surface area contributed by atoms with Crippen molar-refractivity contribution < 1.29 is 14.7 Å². The van der Waals surface area contributed by atoms with E-state index in [1.165, 1.54) is 6.42 Å². The molecule has 0 bridgehead atoms. The van der Waals surface area contributed by atoms with Crippen LogP contribution in [0.3, 0.4) is 0 Å². The van der Waals surface area contributed by atoms with Gasteiger partial charge in [0.2, 0.25) is 0 Å². The number of rotatable bonds is 7. The molecule has 0 radical (unpaired) electrons. The van der Waals surface area contributed by atoms with E-state index in [9.17, 15) is 9.59 Å². The third-order valence-electron chi connectivity index (χ3n) is 4.19. The van der Waals surface area contributed by atoms with Crippen molar-refractivity contribution in [3.8, 4) is 0 Å². The molecule has 1 rings (SSSR count). The number of hydrogen-bond donors (Lipinski definition) is 2. The molecule has 2 amide bonds. The zero-order valence-corrected chi connectivity index (χ0v) is 13.6. The van der Waals surface area contributed by atoms with E-state index in [1.54, 1.807) is 0 Å². The number of nitrogens with one attached hydrogen (secondary N) is 1. The topological polar surface area (TPSA) is 69.6 Å². The molecule has 5 nitrogen and oxygen atoms in total. The van der Waals surface area contributed by atoms with Crippen LogP contribution in [0.2, 0.25) is 0 Å². The highest BCUT2D eigenvalue weighted by Gasteiger charge is 2.23. The SMILES string of the molecule is CCC1CCCN(C(=O)NC[C@H](CC(=O)O)CC(C)C)C1. The minimum atomic E-state index is -0.793. The third kappa shape index (κ3) is 6.82. The fourth-order valence-electron chi connectivity index (χ4n) is 3.08. The molecule has 122 valence electrons. The van der Waals surface area contributed by atoms with Crippen molar-refractivity contribution in [2.75, 3.05) is 19.6 Å². The van der Waals surface area contributed by atoms with E-state index in [0.29, 0.717) is 18.4 Å². The maximum atomic E-state index is 12.2. The van der Waals surface area contributed by atoms with Crippen LogP contribution in [0, 0.1) is 17.8 Å². The van der Waals surface area contributed by atoms with Crippen LogP contribution < -0.4 is 5.32 Å². The van der Waals surface area contributed by atoms with Gasteiger partial charge >= 0.3 is 12.0 Å². The second-order valence-electron chi connectivity index (χ2n) is 6.64. The van der Waals surface area contributed by atoms with Crippen molar-refractivity contribution in [1.82, 2.24) is 10.2 Å². The first-order valence-corrected chi connectivity index (χ1v) is 8.16. The zero-order chi connectivity index (χ0) is 15.8. The van der Waals surface area contributed by atoms with Gasteiger partial charge < -0.3 is 15.3 Å². The molecule has 2 N–H and O–H groups in total. The predicted molar refractivity (Wildman–Crippen MR) is 83.2 cm³/mol. The van der Waals surface area contributed by atoms with E-state index in [0.717, 1.165) is 32.4 Å². The van der Waals surface area contributed by atoms with Gasteiger partial charge in [-0.15, -0.1) is 0 Å². The molecule has 0 aromatic heterocycles. The Kier molecular flexibility index (Phi) is 7.54. The molecule has 21 heavy (non-hydrogen) atoms. The average Bonchev–Trinajstić information content (AvgIpc) is 2.43. The summed E-state index contributed by atoms with van der Waals surface area (Å²) in [6.45, 7) is 8.42. The van der Waals surface area contributed by atoms with Gasteiger partial charge in [0.25, 0.3) is 0 Å². The summed E-state index contributed by atoms with van der Waals surface area (Å²) < 4.78 is 0. The van der Waals surface area contributed by atoms with Crippen LogP contribution in [-0.4, -0.2) is 41.6 Å². The summed E-state index contributed by atoms with van der Waals surface area (Å²) in [5.41, 5.74) is 0. The van der Waals surface area contributed by atoms with Crippen molar-refractivity contribution in [2.45, 2.75) is 52.9 Å². The van der Waals surface area contributed by atoms with Crippen LogP contribution in [0.4, 0.5) is 4.79 Å². The smallest absolute Gasteiger partial charge is 0.317 e. The standard InChI is InChI=1S/C16H30N2O3/c1-4-13-6-5-7-18(11-13)16(21)17-10-14(8-12(2)3)9-15(19)20/h12-14H,4-11H2,1-3H3,(H,17,21)(H,19,20)/t13?,14-/m0/s1. The molecule has 1 aliphatic heterocycles. The highest BCUT2D eigenvalue weighted by Crippen LogP contribution is 2.19. The molecule has 0 aliphatic carbocycles. The molecule has 5 heteroatoms. The van der Waals surface area contributed by atoms with Crippen molar-refractivity contribution in [1.29, 1.82) is 0 Å². The summed E-state index contributed by atoms with van der Waals surface area (Å²) in [6, 6.07) is -0.0349. The molecule has 0 aromatic carbocycles. The summed E-state index contributed by atoms with van der Waals surface area (Å²) >= 11 is 0. The van der Waals surface area contributed by atoms with Gasteiger partial charge in [0.15, 0.2) is 0 Å². The van der Waals surface area contributed by atoms with Gasteiger partial charge in [0, 0.05) is 26.1 Å². The Labute approximate surface area is 128 Å². The first kappa shape index (κ1) is 17.8. The van der Waals surface area contributed by atoms with E-state index in [-0.39, 0.29) is 18.4 Å². The number of aliphatic carboxylic acids is 1. The first-order chi connectivity index (χ1) is 9.92. The lowest BCUT2D eigenvalue weighted by Gasteiger charge is -2.32. The number of hydrogen-bond acceptors (Lipinski definition) is 2. The number of likely N-dealkylation sites (tertiary alicyclic amines) is 1. The Hall–Kier alpha value is -1.26. The third-order valence-corrected chi connectivity index (χ3v) is 4.19. The Balaban J connectivity index is 2.42. The second-order valence-corrected chi connectivity index (χ2v) is 6.64. The molecule has 1 saturated heterocycles. The Bertz CT molecular complexity index is 344. The van der Waals surface area contributed by atoms with Crippen molar-refractivity contribution >= 4 is 12.0 Å². The number of carboxylic acids is 1. The number of carboxylic acid groups (broad SMARTS) is 1. The quantitative estimate of drug-likeness (QED) is 0.759. The van der Waals surface area contributed by atoms with Gasteiger partial charge in [-0.3, -0.25) is 4.79 Å². The maximum Gasteiger partial charge on any atom is 0.317 e. The average molecular weight is 298 g/mol. The zero-order valence-electron chi connectivity index (χ0n) is 13.6. The summed E-state index contributed by atoms with van der Waals surface area (Å²) in [5.74, 6) is 0.262. The van der Waals surface area contributed by atoms with Crippen molar-refractivity contribution in [3.05, 3.63) is 0 Å². The molecular formula is C16H30N2O3. The van der Waals surface area contributed by atoms with Crippen molar-refractivity contribution in [2.24, 2.45) is 17.8 Å². The van der Waals surface area contributed by atoms with E-state index < -0.39 is 5.97 Å². The minimum Gasteiger partial charge on any atom is -0.481 e. The Morgan fingerprint density at radius 1 is 1.38 bits per heavy atom. The number of urea groups is 1. The maximum absolute atomic E-state index is 12.2. The van der Waals surface area contributed by atoms with E-state index >= 15 is 0 Å². The van der Waals surface area contributed by atoms with Crippen molar-refractivity contribution in [3.63, 3.8) is 0 Å². The monoisotopic (exact) mass is 298 g/mol. The molecule has 0 aromatic rings. The lowest BCUT2D eigenvalue weighted by Crippen LogP contribution is -2.46. The molecule has 0 spiro atoms. The molecule has 0 saturated carbocycles. The van der Waals surface area contributed by atoms with Crippen LogP contribution in [-0.2, 0) is 4.79 Å². The molecular weight excluding hydrogens is 268 g/mol. The normalized spacial score (nSPS) is 20.4. The van der Waals surface area contributed by atoms with Crippen LogP contribution >= 0.6 is 0 Å². The Morgan fingerprint density at radius 2 is 2.10 bits per heavy atom. The summed E-state index contributed by atoms with van der Waals surface area (Å²) in [6.07, 6.45) is 4.32. The number of nitrogens with zero attached hydrogens (tertiary/aromatic N) is 1. The van der Waals surface area contributed by atoms with E-state index in [2.05, 4.69) is 26.1 Å². The van der Waals surface area contributed by atoms with Crippen LogP contribution in [0.5, 0.6) is 0 Å². The number of carbonyl (C=O) groups is 2. The molecule has 1 heterocycles. The highest BCUT2D eigenvalue weighted by atomic mass is 16.4. The minimum absolute atomic E-state index is 0.0122. The summed E-state index contributed by atoms with van der Waals surface area (Å²) in [5, 5.41) is 11.9. The lowest BCUT2D eigenvalue weighted by atomic mass is 9.94. The molecule has 1 aliphatic rings. The van der Waals surface area contributed by atoms with Gasteiger partial charge in [0.05, 0.1) is 0 Å². The summed E-state index contributed by atoms with van der Waals surface area (Å²) in [4.78, 5) is 25.0. The molecule has 1 fully saturated rings. The Morgan fingerprint density at radius 3 is 2.67 bits per heavy atom. The van der Waals surface area contributed by atoms with Gasteiger partial charge in [-0.2, -0.15) is 0 Å². The number of amides is 2. The summed E-state index contributed by atoms with van der Waals surface area (Å²) in [7, 11) is 0. The van der Waals surface area contributed by atoms with Gasteiger partial charge in [-0.25, -0.2) is 4.79 Å².